The van der Waals surface area contributed by atoms with Crippen molar-refractivity contribution in [1.29, 1.82) is 0 Å². The van der Waals surface area contributed by atoms with E-state index in [1.54, 1.807) is 0 Å². The highest BCUT2D eigenvalue weighted by Gasteiger charge is 2.39. The van der Waals surface area contributed by atoms with Crippen LogP contribution in [0.5, 0.6) is 5.75 Å². The molecule has 6 rings (SSSR count). The molecule has 37 heavy (non-hydrogen) atoms. The number of fused-ring (bicyclic) bond motifs is 2. The second-order valence-electron chi connectivity index (χ2n) is 7.98. The van der Waals surface area contributed by atoms with Crippen molar-refractivity contribution in [3.05, 3.63) is 77.8 Å². The van der Waals surface area contributed by atoms with E-state index in [0.717, 1.165) is 17.8 Å². The van der Waals surface area contributed by atoms with Gasteiger partial charge in [0.15, 0.2) is 17.3 Å². The molecule has 0 bridgehead atoms. The summed E-state index contributed by atoms with van der Waals surface area (Å²) in [6, 6.07) is 5.55. The van der Waals surface area contributed by atoms with Gasteiger partial charge in [-0.15, -0.1) is 23.4 Å². The molecule has 1 aliphatic rings. The van der Waals surface area contributed by atoms with Crippen molar-refractivity contribution in [2.24, 2.45) is 0 Å². The van der Waals surface area contributed by atoms with Crippen molar-refractivity contribution >= 4 is 11.4 Å². The number of hydrogen-bond donors (Lipinski definition) is 1. The lowest BCUT2D eigenvalue weighted by Crippen LogP contribution is -2.41. The lowest BCUT2D eigenvalue weighted by Gasteiger charge is -2.32. The molecule has 5 aromatic rings. The molecule has 188 valence electrons. The summed E-state index contributed by atoms with van der Waals surface area (Å²) in [5, 5.41) is 11.9. The highest BCUT2D eigenvalue weighted by atomic mass is 19.4. The highest BCUT2D eigenvalue weighted by molar-refractivity contribution is 5.90. The Morgan fingerprint density at radius 1 is 1.19 bits per heavy atom. The Labute approximate surface area is 203 Å². The number of pyridine rings is 2. The summed E-state index contributed by atoms with van der Waals surface area (Å²) in [4.78, 5) is 26.0. The molecule has 6 heterocycles. The maximum Gasteiger partial charge on any atom is 0.573 e. The van der Waals surface area contributed by atoms with Crippen LogP contribution in [0.1, 0.15) is 33.8 Å². The number of rotatable bonds is 4. The zero-order valence-electron chi connectivity index (χ0n) is 18.5. The Hall–Kier alpha value is -4.82. The van der Waals surface area contributed by atoms with Crippen LogP contribution < -0.4 is 4.74 Å². The van der Waals surface area contributed by atoms with E-state index >= 15 is 0 Å². The first-order chi connectivity index (χ1) is 17.8. The molecule has 5 aromatic heterocycles. The second kappa shape index (κ2) is 8.39. The summed E-state index contributed by atoms with van der Waals surface area (Å²) in [7, 11) is 0. The van der Waals surface area contributed by atoms with E-state index in [1.165, 1.54) is 46.3 Å². The van der Waals surface area contributed by atoms with E-state index in [-0.39, 0.29) is 29.3 Å². The van der Waals surface area contributed by atoms with Crippen LogP contribution >= 0.6 is 0 Å². The van der Waals surface area contributed by atoms with Gasteiger partial charge in [0, 0.05) is 31.1 Å². The fourth-order valence-electron chi connectivity index (χ4n) is 4.22. The Morgan fingerprint density at radius 2 is 2.05 bits per heavy atom. The first-order valence-corrected chi connectivity index (χ1v) is 10.8. The molecule has 15 heteroatoms. The zero-order valence-corrected chi connectivity index (χ0v) is 18.5. The number of aromatic nitrogens is 7. The number of halogens is 4. The minimum absolute atomic E-state index is 0.0376. The number of aromatic amines is 1. The summed E-state index contributed by atoms with van der Waals surface area (Å²) in [5.74, 6) is -2.56. The number of alkyl halides is 3. The van der Waals surface area contributed by atoms with E-state index in [9.17, 15) is 22.4 Å². The number of H-pyrrole nitrogens is 1. The van der Waals surface area contributed by atoms with Crippen LogP contribution in [0, 0.1) is 5.82 Å². The molecular weight excluding hydrogens is 500 g/mol. The van der Waals surface area contributed by atoms with E-state index in [4.69, 9.17) is 4.42 Å². The Kier molecular flexibility index (Phi) is 5.13. The van der Waals surface area contributed by atoms with Gasteiger partial charge >= 0.3 is 18.2 Å². The van der Waals surface area contributed by atoms with Gasteiger partial charge in [0.1, 0.15) is 11.6 Å². The summed E-state index contributed by atoms with van der Waals surface area (Å²) in [6.45, 7) is 0.175. The molecule has 1 atom stereocenters. The first-order valence-electron chi connectivity index (χ1n) is 10.8. The van der Waals surface area contributed by atoms with E-state index in [2.05, 4.69) is 35.0 Å². The first kappa shape index (κ1) is 22.6. The van der Waals surface area contributed by atoms with Crippen molar-refractivity contribution in [2.75, 3.05) is 6.54 Å². The maximum absolute atomic E-state index is 14.1. The third-order valence-electron chi connectivity index (χ3n) is 5.74. The lowest BCUT2D eigenvalue weighted by atomic mass is 9.99. The molecule has 11 nitrogen and oxygen atoms in total. The molecule has 0 saturated carbocycles. The molecule has 1 aliphatic heterocycles. The molecule has 0 saturated heterocycles. The van der Waals surface area contributed by atoms with Crippen LogP contribution in [0.4, 0.5) is 17.6 Å². The van der Waals surface area contributed by atoms with Gasteiger partial charge in [-0.1, -0.05) is 0 Å². The standard InChI is InChI=1S/C22H14F4N8O3/c23-11-3-1-6-27-16(11)19-30-31-20(36-19)21(35)33-8-5-12-17(29-10-28-12)18(33)13-9-14-15(37-22(24,25)26)4-2-7-34(14)32-13/h1-4,6-7,9-10,18H,5,8H2,(H,28,29). The van der Waals surface area contributed by atoms with Crippen molar-refractivity contribution in [2.45, 2.75) is 18.8 Å². The van der Waals surface area contributed by atoms with Crippen molar-refractivity contribution in [1.82, 2.24) is 39.7 Å². The van der Waals surface area contributed by atoms with Crippen LogP contribution in [0.25, 0.3) is 17.1 Å². The zero-order chi connectivity index (χ0) is 25.7. The predicted molar refractivity (Wildman–Crippen MR) is 115 cm³/mol. The second-order valence-corrected chi connectivity index (χ2v) is 7.98. The molecule has 1 N–H and O–H groups in total. The Bertz CT molecular complexity index is 1630. The normalized spacial score (nSPS) is 15.7. The fraction of sp³-hybridized carbons (Fsp3) is 0.182. The number of hydrogen-bond acceptors (Lipinski definition) is 8. The Balaban J connectivity index is 1.40. The molecule has 0 radical (unpaired) electrons. The molecular formula is C22H14F4N8O3. The topological polar surface area (TPSA) is 127 Å². The van der Waals surface area contributed by atoms with Gasteiger partial charge in [-0.3, -0.25) is 4.79 Å². The number of carbonyl (C=O) groups excluding carboxylic acids is 1. The highest BCUT2D eigenvalue weighted by Crippen LogP contribution is 2.36. The third-order valence-corrected chi connectivity index (χ3v) is 5.74. The molecule has 0 fully saturated rings. The van der Waals surface area contributed by atoms with E-state index in [1.807, 2.05) is 0 Å². The maximum atomic E-state index is 14.1. The monoisotopic (exact) mass is 514 g/mol. The largest absolute Gasteiger partial charge is 0.573 e. The SMILES string of the molecule is O=C(c1nnc(-c2ncccc2F)o1)N1CCc2[nH]cnc2C1c1cc2c(OC(F)(F)F)cccn2n1. The fourth-order valence-corrected chi connectivity index (χ4v) is 4.22. The number of nitrogens with one attached hydrogen (secondary N) is 1. The minimum Gasteiger partial charge on any atom is -0.411 e. The van der Waals surface area contributed by atoms with Gasteiger partial charge in [0.05, 0.1) is 17.7 Å². The number of carbonyl (C=O) groups is 1. The minimum atomic E-state index is -4.91. The van der Waals surface area contributed by atoms with Gasteiger partial charge in [0.25, 0.3) is 5.89 Å². The lowest BCUT2D eigenvalue weighted by molar-refractivity contribution is -0.274. The molecule has 0 spiro atoms. The quantitative estimate of drug-likeness (QED) is 0.362. The van der Waals surface area contributed by atoms with Crippen LogP contribution in [0.2, 0.25) is 0 Å². The van der Waals surface area contributed by atoms with Crippen molar-refractivity contribution < 1.29 is 31.5 Å². The van der Waals surface area contributed by atoms with Crippen molar-refractivity contribution in [3.8, 4) is 17.3 Å². The van der Waals surface area contributed by atoms with Crippen LogP contribution in [0.15, 0.2) is 53.5 Å². The average Bonchev–Trinajstić information content (AvgIpc) is 3.61. The number of imidazole rings is 1. The van der Waals surface area contributed by atoms with Crippen molar-refractivity contribution in [3.63, 3.8) is 0 Å². The number of amides is 1. The average molecular weight is 514 g/mol. The molecule has 0 aliphatic carbocycles. The van der Waals surface area contributed by atoms with Gasteiger partial charge in [-0.2, -0.15) is 5.10 Å². The smallest absolute Gasteiger partial charge is 0.411 e. The van der Waals surface area contributed by atoms with Gasteiger partial charge in [0.2, 0.25) is 0 Å². The van der Waals surface area contributed by atoms with E-state index in [0.29, 0.717) is 12.1 Å². The molecule has 1 unspecified atom stereocenters. The van der Waals surface area contributed by atoms with Crippen LogP contribution in [-0.2, 0) is 6.42 Å². The summed E-state index contributed by atoms with van der Waals surface area (Å²) in [5.41, 5.74) is 1.25. The van der Waals surface area contributed by atoms with Gasteiger partial charge in [-0.25, -0.2) is 18.9 Å². The summed E-state index contributed by atoms with van der Waals surface area (Å²) >= 11 is 0. The van der Waals surface area contributed by atoms with Gasteiger partial charge < -0.3 is 19.0 Å². The third kappa shape index (κ3) is 4.03. The number of ether oxygens (including phenoxy) is 1. The van der Waals surface area contributed by atoms with E-state index < -0.39 is 35.8 Å². The molecule has 1 amide bonds. The Morgan fingerprint density at radius 3 is 2.86 bits per heavy atom. The summed E-state index contributed by atoms with van der Waals surface area (Å²) in [6.07, 6.45) is -0.257. The molecule has 0 aromatic carbocycles. The van der Waals surface area contributed by atoms with Crippen LogP contribution in [-0.4, -0.2) is 58.5 Å². The summed E-state index contributed by atoms with van der Waals surface area (Å²) < 4.78 is 63.7. The van der Waals surface area contributed by atoms with Gasteiger partial charge in [-0.05, 0) is 30.3 Å². The predicted octanol–water partition coefficient (Wildman–Crippen LogP) is 3.33. The van der Waals surface area contributed by atoms with Crippen LogP contribution in [0.3, 0.4) is 0 Å². The number of nitrogens with zero attached hydrogens (tertiary/aromatic N) is 7.